The van der Waals surface area contributed by atoms with Crippen molar-refractivity contribution in [3.05, 3.63) is 35.7 Å². The van der Waals surface area contributed by atoms with E-state index in [4.69, 9.17) is 5.73 Å². The normalized spacial score (nSPS) is 10.2. The van der Waals surface area contributed by atoms with Gasteiger partial charge in [-0.3, -0.25) is 4.79 Å². The summed E-state index contributed by atoms with van der Waals surface area (Å²) in [7, 11) is 1.32. The summed E-state index contributed by atoms with van der Waals surface area (Å²) < 4.78 is 5.97. The van der Waals surface area contributed by atoms with Crippen molar-refractivity contribution in [2.75, 3.05) is 18.2 Å². The highest BCUT2D eigenvalue weighted by atomic mass is 16.5. The molecule has 0 aliphatic carbocycles. The summed E-state index contributed by atoms with van der Waals surface area (Å²) in [5, 5.41) is 6.56. The Hall–Kier alpha value is -2.90. The minimum absolute atomic E-state index is 0.00237. The molecule has 0 saturated heterocycles. The Kier molecular flexibility index (Phi) is 4.17. The molecular formula is C13H15N5O3. The summed E-state index contributed by atoms with van der Waals surface area (Å²) in [5.41, 5.74) is 7.16. The molecule has 1 aromatic carbocycles. The Morgan fingerprint density at radius 1 is 1.43 bits per heavy atom. The summed E-state index contributed by atoms with van der Waals surface area (Å²) in [4.78, 5) is 27.0. The predicted molar refractivity (Wildman–Crippen MR) is 75.6 cm³/mol. The summed E-state index contributed by atoms with van der Waals surface area (Å²) in [6, 6.07) is 4.88. The van der Waals surface area contributed by atoms with Crippen LogP contribution >= 0.6 is 0 Å². The second-order valence-corrected chi connectivity index (χ2v) is 4.37. The third-order valence-electron chi connectivity index (χ3n) is 2.78. The van der Waals surface area contributed by atoms with Gasteiger partial charge in [-0.15, -0.1) is 5.10 Å². The molecule has 0 bridgehead atoms. The number of methoxy groups -OCH3 is 1. The number of aromatic nitrogens is 3. The highest BCUT2D eigenvalue weighted by Crippen LogP contribution is 2.17. The number of carbonyl (C=O) groups is 2. The Morgan fingerprint density at radius 2 is 2.19 bits per heavy atom. The van der Waals surface area contributed by atoms with Crippen LogP contribution in [0.2, 0.25) is 0 Å². The number of esters is 1. The minimum Gasteiger partial charge on any atom is -0.465 e. The standard InChI is InChI=1S/C13H15N5O3/c1-8-5-9(12(20)21-2)3-4-10(8)16-11(19)6-18-7-15-13(14)17-18/h3-5,7H,6H2,1-2H3,(H2,14,17)(H,16,19). The predicted octanol–water partition coefficient (Wildman–Crippen LogP) is 0.594. The molecule has 1 amide bonds. The molecule has 2 aromatic rings. The molecule has 110 valence electrons. The first-order valence-electron chi connectivity index (χ1n) is 6.13. The summed E-state index contributed by atoms with van der Waals surface area (Å²) in [5.74, 6) is -0.579. The van der Waals surface area contributed by atoms with E-state index in [0.717, 1.165) is 5.56 Å². The van der Waals surface area contributed by atoms with E-state index in [-0.39, 0.29) is 18.4 Å². The maximum Gasteiger partial charge on any atom is 0.337 e. The number of nitrogens with one attached hydrogen (secondary N) is 1. The third-order valence-corrected chi connectivity index (χ3v) is 2.78. The highest BCUT2D eigenvalue weighted by Gasteiger charge is 2.10. The molecule has 1 aromatic heterocycles. The van der Waals surface area contributed by atoms with Crippen molar-refractivity contribution in [1.82, 2.24) is 14.8 Å². The van der Waals surface area contributed by atoms with Gasteiger partial charge >= 0.3 is 5.97 Å². The second-order valence-electron chi connectivity index (χ2n) is 4.37. The smallest absolute Gasteiger partial charge is 0.337 e. The number of hydrogen-bond donors (Lipinski definition) is 2. The topological polar surface area (TPSA) is 112 Å². The number of carbonyl (C=O) groups excluding carboxylic acids is 2. The summed E-state index contributed by atoms with van der Waals surface area (Å²) in [6.07, 6.45) is 1.38. The lowest BCUT2D eigenvalue weighted by Crippen LogP contribution is -2.19. The lowest BCUT2D eigenvalue weighted by atomic mass is 10.1. The molecule has 0 radical (unpaired) electrons. The van der Waals surface area contributed by atoms with Crippen molar-refractivity contribution in [1.29, 1.82) is 0 Å². The van der Waals surface area contributed by atoms with E-state index < -0.39 is 5.97 Å². The van der Waals surface area contributed by atoms with Crippen molar-refractivity contribution in [2.24, 2.45) is 0 Å². The van der Waals surface area contributed by atoms with Crippen LogP contribution in [0.3, 0.4) is 0 Å². The maximum absolute atomic E-state index is 11.9. The number of hydrogen-bond acceptors (Lipinski definition) is 6. The molecule has 2 rings (SSSR count). The van der Waals surface area contributed by atoms with Crippen molar-refractivity contribution < 1.29 is 14.3 Å². The number of ether oxygens (including phenoxy) is 1. The van der Waals surface area contributed by atoms with Crippen molar-refractivity contribution in [3.63, 3.8) is 0 Å². The largest absolute Gasteiger partial charge is 0.465 e. The molecule has 0 fully saturated rings. The molecule has 3 N–H and O–H groups in total. The Morgan fingerprint density at radius 3 is 2.76 bits per heavy atom. The van der Waals surface area contributed by atoms with E-state index >= 15 is 0 Å². The first-order valence-corrected chi connectivity index (χ1v) is 6.13. The summed E-state index contributed by atoms with van der Waals surface area (Å²) >= 11 is 0. The van der Waals surface area contributed by atoms with E-state index in [1.165, 1.54) is 18.1 Å². The number of nitrogens with two attached hydrogens (primary N) is 1. The van der Waals surface area contributed by atoms with Gasteiger partial charge in [0.15, 0.2) is 0 Å². The van der Waals surface area contributed by atoms with Gasteiger partial charge in [0, 0.05) is 5.69 Å². The van der Waals surface area contributed by atoms with Gasteiger partial charge < -0.3 is 15.8 Å². The van der Waals surface area contributed by atoms with Crippen LogP contribution in [0, 0.1) is 6.92 Å². The van der Waals surface area contributed by atoms with Gasteiger partial charge in [-0.05, 0) is 30.7 Å². The molecule has 21 heavy (non-hydrogen) atoms. The Labute approximate surface area is 120 Å². The maximum atomic E-state index is 11.9. The molecule has 1 heterocycles. The molecular weight excluding hydrogens is 274 g/mol. The van der Waals surface area contributed by atoms with Crippen LogP contribution in [0.15, 0.2) is 24.5 Å². The van der Waals surface area contributed by atoms with Crippen LogP contribution < -0.4 is 11.1 Å². The number of benzene rings is 1. The minimum atomic E-state index is -0.422. The van der Waals surface area contributed by atoms with E-state index in [0.29, 0.717) is 11.3 Å². The molecule has 0 saturated carbocycles. The van der Waals surface area contributed by atoms with Gasteiger partial charge in [-0.2, -0.15) is 0 Å². The molecule has 0 spiro atoms. The first kappa shape index (κ1) is 14.5. The fourth-order valence-electron chi connectivity index (χ4n) is 1.77. The number of nitrogen functional groups attached to an aromatic ring is 1. The fourth-order valence-corrected chi connectivity index (χ4v) is 1.77. The molecule has 8 heteroatoms. The third kappa shape index (κ3) is 3.56. The van der Waals surface area contributed by atoms with Crippen LogP contribution in [-0.4, -0.2) is 33.8 Å². The van der Waals surface area contributed by atoms with Crippen molar-refractivity contribution >= 4 is 23.5 Å². The first-order chi connectivity index (χ1) is 9.99. The monoisotopic (exact) mass is 289 g/mol. The number of amides is 1. The van der Waals surface area contributed by atoms with Gasteiger partial charge in [0.1, 0.15) is 12.9 Å². The van der Waals surface area contributed by atoms with Gasteiger partial charge in [0.25, 0.3) is 0 Å². The van der Waals surface area contributed by atoms with E-state index in [9.17, 15) is 9.59 Å². The zero-order valence-electron chi connectivity index (χ0n) is 11.7. The highest BCUT2D eigenvalue weighted by molar-refractivity contribution is 5.93. The number of anilines is 2. The number of nitrogens with zero attached hydrogens (tertiary/aromatic N) is 3. The lowest BCUT2D eigenvalue weighted by molar-refractivity contribution is -0.116. The van der Waals surface area contributed by atoms with Crippen molar-refractivity contribution in [3.8, 4) is 0 Å². The van der Waals surface area contributed by atoms with Gasteiger partial charge in [-0.1, -0.05) is 0 Å². The average molecular weight is 289 g/mol. The quantitative estimate of drug-likeness (QED) is 0.797. The van der Waals surface area contributed by atoms with Crippen LogP contribution in [0.1, 0.15) is 15.9 Å². The number of aryl methyl sites for hydroxylation is 1. The fraction of sp³-hybridized carbons (Fsp3) is 0.231. The zero-order valence-corrected chi connectivity index (χ0v) is 11.7. The number of rotatable bonds is 4. The van der Waals surface area contributed by atoms with Crippen LogP contribution in [-0.2, 0) is 16.1 Å². The van der Waals surface area contributed by atoms with Crippen LogP contribution in [0.5, 0.6) is 0 Å². The second kappa shape index (κ2) is 6.04. The van der Waals surface area contributed by atoms with Gasteiger partial charge in [-0.25, -0.2) is 14.5 Å². The average Bonchev–Trinajstić information content (AvgIpc) is 2.85. The zero-order chi connectivity index (χ0) is 15.4. The molecule has 0 unspecified atom stereocenters. The lowest BCUT2D eigenvalue weighted by Gasteiger charge is -2.09. The molecule has 8 nitrogen and oxygen atoms in total. The molecule has 0 aliphatic rings. The van der Waals surface area contributed by atoms with E-state index in [2.05, 4.69) is 20.1 Å². The molecule has 0 aliphatic heterocycles. The molecule has 0 atom stereocenters. The van der Waals surface area contributed by atoms with Crippen LogP contribution in [0.25, 0.3) is 0 Å². The van der Waals surface area contributed by atoms with Gasteiger partial charge in [0.2, 0.25) is 11.9 Å². The Bertz CT molecular complexity index is 680. The van der Waals surface area contributed by atoms with E-state index in [1.54, 1.807) is 25.1 Å². The van der Waals surface area contributed by atoms with Gasteiger partial charge in [0.05, 0.1) is 12.7 Å². The Balaban J connectivity index is 2.05. The van der Waals surface area contributed by atoms with Crippen molar-refractivity contribution in [2.45, 2.75) is 13.5 Å². The SMILES string of the molecule is COC(=O)c1ccc(NC(=O)Cn2cnc(N)n2)c(C)c1. The van der Waals surface area contributed by atoms with E-state index in [1.807, 2.05) is 0 Å². The summed E-state index contributed by atoms with van der Waals surface area (Å²) in [6.45, 7) is 1.79. The van der Waals surface area contributed by atoms with Crippen LogP contribution in [0.4, 0.5) is 11.6 Å².